The molecule has 82 valence electrons. The van der Waals surface area contributed by atoms with Gasteiger partial charge < -0.3 is 10.2 Å². The van der Waals surface area contributed by atoms with E-state index in [1.807, 2.05) is 6.92 Å². The molecule has 0 heterocycles. The fraction of sp³-hybridized carbons (Fsp3) is 0.909. The second kappa shape index (κ2) is 6.80. The zero-order valence-corrected chi connectivity index (χ0v) is 10.0. The molecule has 0 saturated carbocycles. The normalized spacial score (nSPS) is 15.6. The van der Waals surface area contributed by atoms with Crippen molar-refractivity contribution in [3.63, 3.8) is 0 Å². The highest BCUT2D eigenvalue weighted by molar-refractivity contribution is 4.92. The van der Waals surface area contributed by atoms with Gasteiger partial charge in [-0.2, -0.15) is 5.26 Å². The van der Waals surface area contributed by atoms with Crippen LogP contribution in [-0.2, 0) is 0 Å². The summed E-state index contributed by atoms with van der Waals surface area (Å²) < 4.78 is 0. The molecular weight excluding hydrogens is 174 g/mol. The molecule has 0 aliphatic carbocycles. The van der Waals surface area contributed by atoms with E-state index >= 15 is 0 Å². The van der Waals surface area contributed by atoms with Crippen LogP contribution in [0.2, 0.25) is 0 Å². The van der Waals surface area contributed by atoms with E-state index in [1.54, 1.807) is 0 Å². The summed E-state index contributed by atoms with van der Waals surface area (Å²) in [6, 6.07) is 2.74. The molecule has 2 unspecified atom stereocenters. The number of hydrogen-bond acceptors (Lipinski definition) is 3. The standard InChI is InChI=1S/C11H23N3/c1-6-13-11(7-12)8-14(5)10(4)9(2)3/h9-11,13H,6,8H2,1-5H3. The maximum absolute atomic E-state index is 8.89. The maximum atomic E-state index is 8.89. The molecule has 0 aliphatic rings. The third-order valence-electron chi connectivity index (χ3n) is 2.74. The molecule has 0 radical (unpaired) electrons. The number of nitrogens with one attached hydrogen (secondary N) is 1. The first-order chi connectivity index (χ1) is 6.52. The summed E-state index contributed by atoms with van der Waals surface area (Å²) in [6.07, 6.45) is 0. The Morgan fingerprint density at radius 1 is 1.36 bits per heavy atom. The lowest BCUT2D eigenvalue weighted by Crippen LogP contribution is -2.43. The Balaban J connectivity index is 4.02. The Morgan fingerprint density at radius 2 is 1.93 bits per heavy atom. The van der Waals surface area contributed by atoms with Crippen LogP contribution in [0.4, 0.5) is 0 Å². The van der Waals surface area contributed by atoms with Gasteiger partial charge in [-0.15, -0.1) is 0 Å². The van der Waals surface area contributed by atoms with Gasteiger partial charge in [-0.3, -0.25) is 0 Å². The van der Waals surface area contributed by atoms with Gasteiger partial charge in [0.2, 0.25) is 0 Å². The molecule has 1 N–H and O–H groups in total. The molecular formula is C11H23N3. The average molecular weight is 197 g/mol. The molecule has 14 heavy (non-hydrogen) atoms. The fourth-order valence-corrected chi connectivity index (χ4v) is 1.36. The average Bonchev–Trinajstić information content (AvgIpc) is 2.15. The topological polar surface area (TPSA) is 39.1 Å². The molecule has 0 amide bonds. The van der Waals surface area contributed by atoms with E-state index in [2.05, 4.69) is 44.1 Å². The van der Waals surface area contributed by atoms with Crippen LogP contribution in [0, 0.1) is 17.2 Å². The van der Waals surface area contributed by atoms with Crippen LogP contribution in [-0.4, -0.2) is 37.1 Å². The first-order valence-electron chi connectivity index (χ1n) is 5.36. The SMILES string of the molecule is CCNC(C#N)CN(C)C(C)C(C)C. The minimum absolute atomic E-state index is 0.0498. The van der Waals surface area contributed by atoms with Crippen molar-refractivity contribution < 1.29 is 0 Å². The van der Waals surface area contributed by atoms with Crippen LogP contribution in [0.1, 0.15) is 27.7 Å². The Kier molecular flexibility index (Phi) is 6.52. The number of likely N-dealkylation sites (N-methyl/N-ethyl adjacent to an activating group) is 2. The van der Waals surface area contributed by atoms with Crippen LogP contribution in [0.25, 0.3) is 0 Å². The van der Waals surface area contributed by atoms with Gasteiger partial charge in [0.1, 0.15) is 6.04 Å². The minimum atomic E-state index is -0.0498. The summed E-state index contributed by atoms with van der Waals surface area (Å²) in [7, 11) is 2.08. The number of rotatable bonds is 6. The highest BCUT2D eigenvalue weighted by atomic mass is 15.1. The lowest BCUT2D eigenvalue weighted by Gasteiger charge is -2.29. The third-order valence-corrected chi connectivity index (χ3v) is 2.74. The summed E-state index contributed by atoms with van der Waals surface area (Å²) in [6.45, 7) is 10.3. The van der Waals surface area contributed by atoms with Gasteiger partial charge in [-0.05, 0) is 26.4 Å². The summed E-state index contributed by atoms with van der Waals surface area (Å²) in [5.41, 5.74) is 0. The van der Waals surface area contributed by atoms with Crippen LogP contribution < -0.4 is 5.32 Å². The van der Waals surface area contributed by atoms with Crippen molar-refractivity contribution in [2.24, 2.45) is 5.92 Å². The van der Waals surface area contributed by atoms with Crippen molar-refractivity contribution in [3.8, 4) is 6.07 Å². The Morgan fingerprint density at radius 3 is 2.29 bits per heavy atom. The molecule has 0 aromatic heterocycles. The second-order valence-corrected chi connectivity index (χ2v) is 4.16. The molecule has 0 fully saturated rings. The van der Waals surface area contributed by atoms with Gasteiger partial charge in [-0.1, -0.05) is 20.8 Å². The van der Waals surface area contributed by atoms with Gasteiger partial charge in [0, 0.05) is 12.6 Å². The lowest BCUT2D eigenvalue weighted by molar-refractivity contribution is 0.198. The van der Waals surface area contributed by atoms with Crippen LogP contribution in [0.3, 0.4) is 0 Å². The quantitative estimate of drug-likeness (QED) is 0.701. The van der Waals surface area contributed by atoms with Crippen LogP contribution in [0.15, 0.2) is 0 Å². The number of hydrogen-bond donors (Lipinski definition) is 1. The predicted molar refractivity (Wildman–Crippen MR) is 60.0 cm³/mol. The van der Waals surface area contributed by atoms with E-state index < -0.39 is 0 Å². The lowest BCUT2D eigenvalue weighted by atomic mass is 10.0. The largest absolute Gasteiger partial charge is 0.301 e. The molecule has 3 heteroatoms. The van der Waals surface area contributed by atoms with E-state index in [0.29, 0.717) is 12.0 Å². The fourth-order valence-electron chi connectivity index (χ4n) is 1.36. The number of nitriles is 1. The Bertz CT molecular complexity index is 183. The summed E-state index contributed by atoms with van der Waals surface area (Å²) in [5.74, 6) is 0.626. The highest BCUT2D eigenvalue weighted by Gasteiger charge is 2.16. The molecule has 0 spiro atoms. The van der Waals surface area contributed by atoms with Gasteiger partial charge >= 0.3 is 0 Å². The van der Waals surface area contributed by atoms with Gasteiger partial charge in [0.05, 0.1) is 6.07 Å². The van der Waals surface area contributed by atoms with Crippen molar-refractivity contribution in [1.29, 1.82) is 5.26 Å². The molecule has 0 aliphatic heterocycles. The molecule has 3 nitrogen and oxygen atoms in total. The van der Waals surface area contributed by atoms with E-state index in [0.717, 1.165) is 13.1 Å². The molecule has 0 saturated heterocycles. The predicted octanol–water partition coefficient (Wildman–Crippen LogP) is 1.46. The van der Waals surface area contributed by atoms with E-state index in [4.69, 9.17) is 5.26 Å². The first-order valence-corrected chi connectivity index (χ1v) is 5.36. The van der Waals surface area contributed by atoms with Gasteiger partial charge in [0.25, 0.3) is 0 Å². The zero-order valence-electron chi connectivity index (χ0n) is 10.0. The van der Waals surface area contributed by atoms with Crippen molar-refractivity contribution in [1.82, 2.24) is 10.2 Å². The maximum Gasteiger partial charge on any atom is 0.108 e. The Hall–Kier alpha value is -0.590. The summed E-state index contributed by atoms with van der Waals surface area (Å²) >= 11 is 0. The molecule has 0 rings (SSSR count). The zero-order chi connectivity index (χ0) is 11.1. The highest BCUT2D eigenvalue weighted by Crippen LogP contribution is 2.07. The molecule has 0 aromatic rings. The van der Waals surface area contributed by atoms with E-state index in [9.17, 15) is 0 Å². The smallest absolute Gasteiger partial charge is 0.108 e. The van der Waals surface area contributed by atoms with Crippen molar-refractivity contribution in [2.45, 2.75) is 39.8 Å². The van der Waals surface area contributed by atoms with Gasteiger partial charge in [-0.25, -0.2) is 0 Å². The molecule has 0 bridgehead atoms. The monoisotopic (exact) mass is 197 g/mol. The van der Waals surface area contributed by atoms with Crippen molar-refractivity contribution >= 4 is 0 Å². The minimum Gasteiger partial charge on any atom is -0.301 e. The summed E-state index contributed by atoms with van der Waals surface area (Å²) in [5, 5.41) is 12.0. The second-order valence-electron chi connectivity index (χ2n) is 4.16. The van der Waals surface area contributed by atoms with Crippen molar-refractivity contribution in [2.75, 3.05) is 20.1 Å². The molecule has 0 aromatic carbocycles. The third kappa shape index (κ3) is 4.59. The van der Waals surface area contributed by atoms with Crippen LogP contribution in [0.5, 0.6) is 0 Å². The van der Waals surface area contributed by atoms with Crippen LogP contribution >= 0.6 is 0 Å². The van der Waals surface area contributed by atoms with E-state index in [1.165, 1.54) is 0 Å². The van der Waals surface area contributed by atoms with Crippen molar-refractivity contribution in [3.05, 3.63) is 0 Å². The van der Waals surface area contributed by atoms with E-state index in [-0.39, 0.29) is 6.04 Å². The summed E-state index contributed by atoms with van der Waals surface area (Å²) in [4.78, 5) is 2.24. The van der Waals surface area contributed by atoms with Gasteiger partial charge in [0.15, 0.2) is 0 Å². The first kappa shape index (κ1) is 13.4. The molecule has 2 atom stereocenters. The Labute approximate surface area is 88.1 Å². The number of nitrogens with zero attached hydrogens (tertiary/aromatic N) is 2.